The number of fused-ring (bicyclic) bond motifs is 1. The smallest absolute Gasteiger partial charge is 0.307 e. The lowest BCUT2D eigenvalue weighted by atomic mass is 10.0. The van der Waals surface area contributed by atoms with Crippen LogP contribution in [0.25, 0.3) is 10.1 Å². The summed E-state index contributed by atoms with van der Waals surface area (Å²) >= 11 is 1.83. The van der Waals surface area contributed by atoms with Crippen molar-refractivity contribution in [2.24, 2.45) is 0 Å². The number of ether oxygens (including phenoxy) is 2. The fourth-order valence-electron chi connectivity index (χ4n) is 4.24. The maximum atomic E-state index is 10.8. The van der Waals surface area contributed by atoms with E-state index in [9.17, 15) is 4.79 Å². The summed E-state index contributed by atoms with van der Waals surface area (Å²) in [7, 11) is 0. The summed E-state index contributed by atoms with van der Waals surface area (Å²) in [4.78, 5) is 10.8. The average molecular weight is 489 g/mol. The van der Waals surface area contributed by atoms with Gasteiger partial charge >= 0.3 is 5.97 Å². The number of carboxylic acids is 1. The summed E-state index contributed by atoms with van der Waals surface area (Å²) < 4.78 is 13.3. The number of hydrogen-bond acceptors (Lipinski definition) is 4. The van der Waals surface area contributed by atoms with Crippen molar-refractivity contribution in [1.82, 2.24) is 0 Å². The lowest BCUT2D eigenvalue weighted by Gasteiger charge is -2.13. The molecule has 4 nitrogen and oxygen atoms in total. The lowest BCUT2D eigenvalue weighted by molar-refractivity contribution is -0.136. The van der Waals surface area contributed by atoms with E-state index in [2.05, 4.69) is 54.8 Å². The lowest BCUT2D eigenvalue weighted by Crippen LogP contribution is -2.06. The molecular formula is C30H32O4S. The highest BCUT2D eigenvalue weighted by molar-refractivity contribution is 7.17. The van der Waals surface area contributed by atoms with E-state index in [0.29, 0.717) is 13.2 Å². The molecule has 4 rings (SSSR count). The Morgan fingerprint density at radius 2 is 1.63 bits per heavy atom. The molecule has 0 aliphatic rings. The van der Waals surface area contributed by atoms with E-state index in [-0.39, 0.29) is 6.42 Å². The second kappa shape index (κ2) is 12.4. The molecule has 0 aliphatic heterocycles. The van der Waals surface area contributed by atoms with Crippen molar-refractivity contribution >= 4 is 27.4 Å². The molecular weight excluding hydrogens is 456 g/mol. The van der Waals surface area contributed by atoms with E-state index >= 15 is 0 Å². The fraction of sp³-hybridized carbons (Fsp3) is 0.300. The first-order valence-corrected chi connectivity index (χ1v) is 13.1. The van der Waals surface area contributed by atoms with Gasteiger partial charge in [0.25, 0.3) is 0 Å². The third kappa shape index (κ3) is 6.86. The predicted octanol–water partition coefficient (Wildman–Crippen LogP) is 7.11. The molecule has 5 heteroatoms. The van der Waals surface area contributed by atoms with Crippen LogP contribution in [0.4, 0.5) is 0 Å². The highest BCUT2D eigenvalue weighted by atomic mass is 32.1. The normalized spacial score (nSPS) is 11.0. The zero-order chi connectivity index (χ0) is 24.5. The predicted molar refractivity (Wildman–Crippen MR) is 143 cm³/mol. The summed E-state index contributed by atoms with van der Waals surface area (Å²) in [6, 6.07) is 22.2. The first-order chi connectivity index (χ1) is 17.1. The first kappa shape index (κ1) is 24.8. The van der Waals surface area contributed by atoms with E-state index < -0.39 is 5.97 Å². The standard InChI is InChI=1S/C30H32O4S/c1-2-7-27-28(34-19-6-18-33-25-14-11-23(12-15-25)20-29(31)32)17-16-26-24(21-35-30(26)27)13-10-22-8-4-3-5-9-22/h3-5,8-9,11-12,14-17,21H,2,6-7,10,13,18-20H2,1H3,(H,31,32). The molecule has 0 amide bonds. The topological polar surface area (TPSA) is 55.8 Å². The van der Waals surface area contributed by atoms with Crippen molar-refractivity contribution in [3.63, 3.8) is 0 Å². The summed E-state index contributed by atoms with van der Waals surface area (Å²) in [5.74, 6) is 0.894. The van der Waals surface area contributed by atoms with Gasteiger partial charge in [0, 0.05) is 16.7 Å². The monoisotopic (exact) mass is 488 g/mol. The fourth-order valence-corrected chi connectivity index (χ4v) is 5.42. The molecule has 0 radical (unpaired) electrons. The molecule has 0 bridgehead atoms. The van der Waals surface area contributed by atoms with Crippen LogP contribution in [0.3, 0.4) is 0 Å². The van der Waals surface area contributed by atoms with Gasteiger partial charge in [0.15, 0.2) is 0 Å². The van der Waals surface area contributed by atoms with E-state index in [1.54, 1.807) is 12.1 Å². The molecule has 0 unspecified atom stereocenters. The van der Waals surface area contributed by atoms with Crippen molar-refractivity contribution in [3.8, 4) is 11.5 Å². The maximum absolute atomic E-state index is 10.8. The quantitative estimate of drug-likeness (QED) is 0.204. The highest BCUT2D eigenvalue weighted by Gasteiger charge is 2.13. The Hall–Kier alpha value is -3.31. The number of aryl methyl sites for hydroxylation is 3. The molecule has 3 aromatic carbocycles. The number of thiophene rings is 1. The largest absolute Gasteiger partial charge is 0.493 e. The Bertz CT molecular complexity index is 1230. The SMILES string of the molecule is CCCc1c(OCCCOc2ccc(CC(=O)O)cc2)ccc2c(CCc3ccccc3)csc12. The van der Waals surface area contributed by atoms with Gasteiger partial charge in [-0.3, -0.25) is 4.79 Å². The van der Waals surface area contributed by atoms with E-state index in [0.717, 1.165) is 49.2 Å². The van der Waals surface area contributed by atoms with Crippen LogP contribution in [0.1, 0.15) is 42.0 Å². The van der Waals surface area contributed by atoms with Crippen molar-refractivity contribution in [2.45, 2.75) is 45.4 Å². The van der Waals surface area contributed by atoms with E-state index in [1.807, 2.05) is 23.5 Å². The number of aliphatic carboxylic acids is 1. The third-order valence-electron chi connectivity index (χ3n) is 6.00. The van der Waals surface area contributed by atoms with Gasteiger partial charge in [0.1, 0.15) is 11.5 Å². The molecule has 0 atom stereocenters. The zero-order valence-electron chi connectivity index (χ0n) is 20.2. The first-order valence-electron chi connectivity index (χ1n) is 12.3. The van der Waals surface area contributed by atoms with Crippen LogP contribution >= 0.6 is 11.3 Å². The minimum atomic E-state index is -0.831. The Morgan fingerprint density at radius 3 is 2.37 bits per heavy atom. The minimum absolute atomic E-state index is 0.0251. The van der Waals surface area contributed by atoms with E-state index in [1.165, 1.54) is 26.8 Å². The van der Waals surface area contributed by atoms with Crippen LogP contribution in [-0.2, 0) is 30.5 Å². The van der Waals surface area contributed by atoms with Crippen LogP contribution < -0.4 is 9.47 Å². The Labute approximate surface area is 211 Å². The summed E-state index contributed by atoms with van der Waals surface area (Å²) in [5, 5.41) is 12.5. The maximum Gasteiger partial charge on any atom is 0.307 e. The molecule has 0 aliphatic carbocycles. The molecule has 4 aromatic rings. The molecule has 0 fully saturated rings. The van der Waals surface area contributed by atoms with Crippen LogP contribution in [-0.4, -0.2) is 24.3 Å². The second-order valence-corrected chi connectivity index (χ2v) is 9.56. The zero-order valence-corrected chi connectivity index (χ0v) is 21.0. The van der Waals surface area contributed by atoms with Gasteiger partial charge in [-0.2, -0.15) is 0 Å². The Balaban J connectivity index is 1.32. The highest BCUT2D eigenvalue weighted by Crippen LogP contribution is 2.36. The summed E-state index contributed by atoms with van der Waals surface area (Å²) in [6.07, 6.45) is 4.98. The molecule has 0 spiro atoms. The van der Waals surface area contributed by atoms with Gasteiger partial charge in [-0.25, -0.2) is 0 Å². The number of hydrogen-bond donors (Lipinski definition) is 1. The van der Waals surface area contributed by atoms with Crippen molar-refractivity contribution in [3.05, 3.63) is 94.4 Å². The molecule has 182 valence electrons. The van der Waals surface area contributed by atoms with Gasteiger partial charge in [-0.05, 0) is 71.0 Å². The Kier molecular flexibility index (Phi) is 8.79. The van der Waals surface area contributed by atoms with Crippen molar-refractivity contribution in [2.75, 3.05) is 13.2 Å². The molecule has 0 saturated heterocycles. The number of carbonyl (C=O) groups is 1. The molecule has 1 heterocycles. The van der Waals surface area contributed by atoms with Crippen molar-refractivity contribution < 1.29 is 19.4 Å². The number of carboxylic acid groups (broad SMARTS) is 1. The molecule has 35 heavy (non-hydrogen) atoms. The van der Waals surface area contributed by atoms with E-state index in [4.69, 9.17) is 14.6 Å². The second-order valence-electron chi connectivity index (χ2n) is 8.68. The van der Waals surface area contributed by atoms with Gasteiger partial charge in [0.05, 0.1) is 19.6 Å². The van der Waals surface area contributed by atoms with Crippen LogP contribution in [0.15, 0.2) is 72.1 Å². The minimum Gasteiger partial charge on any atom is -0.493 e. The summed E-state index contributed by atoms with van der Waals surface area (Å²) in [5.41, 5.74) is 4.87. The van der Waals surface area contributed by atoms with Crippen LogP contribution in [0.2, 0.25) is 0 Å². The van der Waals surface area contributed by atoms with Gasteiger partial charge < -0.3 is 14.6 Å². The summed E-state index contributed by atoms with van der Waals surface area (Å²) in [6.45, 7) is 3.35. The third-order valence-corrected chi connectivity index (χ3v) is 7.11. The molecule has 1 aromatic heterocycles. The molecule has 0 saturated carbocycles. The van der Waals surface area contributed by atoms with Crippen LogP contribution in [0, 0.1) is 0 Å². The van der Waals surface area contributed by atoms with Gasteiger partial charge in [0.2, 0.25) is 0 Å². The number of benzene rings is 3. The van der Waals surface area contributed by atoms with Crippen molar-refractivity contribution in [1.29, 1.82) is 0 Å². The van der Waals surface area contributed by atoms with Gasteiger partial charge in [-0.1, -0.05) is 55.8 Å². The Morgan fingerprint density at radius 1 is 0.857 bits per heavy atom. The molecule has 1 N–H and O–H groups in total. The number of rotatable bonds is 13. The van der Waals surface area contributed by atoms with Gasteiger partial charge in [-0.15, -0.1) is 11.3 Å². The average Bonchev–Trinajstić information content (AvgIpc) is 3.28. The van der Waals surface area contributed by atoms with Crippen LogP contribution in [0.5, 0.6) is 11.5 Å².